The van der Waals surface area contributed by atoms with Gasteiger partial charge in [0.1, 0.15) is 0 Å². The van der Waals surface area contributed by atoms with Crippen LogP contribution >= 0.6 is 13.7 Å². The molecule has 0 bridgehead atoms. The molecule has 2 aliphatic heterocycles. The van der Waals surface area contributed by atoms with Crippen molar-refractivity contribution >= 4 is 45.8 Å². The molecule has 392 valence electrons. The third-order valence-corrected chi connectivity index (χ3v) is 31.9. The Bertz CT molecular complexity index is 1820. The van der Waals surface area contributed by atoms with Gasteiger partial charge in [0, 0.05) is 0 Å². The summed E-state index contributed by atoms with van der Waals surface area (Å²) in [6.07, 6.45) is 22.1. The van der Waals surface area contributed by atoms with Crippen LogP contribution in [-0.2, 0) is 47.1 Å². The standard InChI is InChI=1S/2C26H45O6PS/c2*1-5-9-17-33(18-10-6-2,19-11-7-3,20-12-8-4)32-34(28,29)25-16-14-13-15-24(25)26(27)31-22-23-21-30-23/h2*13-16,23H,5-12,17-22H2,1-4H3. The molecule has 2 heterocycles. The summed E-state index contributed by atoms with van der Waals surface area (Å²) >= 11 is 0. The molecule has 0 N–H and O–H groups in total. The molecule has 2 aliphatic rings. The minimum atomic E-state index is -4.17. The van der Waals surface area contributed by atoms with Crippen LogP contribution in [0.25, 0.3) is 0 Å². The second kappa shape index (κ2) is 28.9. The molecule has 68 heavy (non-hydrogen) atoms. The number of carbonyl (C=O) groups excluding carboxylic acids is 2. The Morgan fingerprint density at radius 3 is 0.912 bits per heavy atom. The summed E-state index contributed by atoms with van der Waals surface area (Å²) in [5.74, 6) is -1.30. The van der Waals surface area contributed by atoms with Crippen molar-refractivity contribution in [2.24, 2.45) is 0 Å². The zero-order chi connectivity index (χ0) is 50.2. The van der Waals surface area contributed by atoms with Crippen molar-refractivity contribution in [1.29, 1.82) is 0 Å². The molecular weight excluding hydrogens is 943 g/mol. The van der Waals surface area contributed by atoms with E-state index in [4.69, 9.17) is 26.9 Å². The fourth-order valence-corrected chi connectivity index (χ4v) is 29.7. The molecule has 0 spiro atoms. The zero-order valence-electron chi connectivity index (χ0n) is 43.2. The van der Waals surface area contributed by atoms with Crippen molar-refractivity contribution in [3.05, 3.63) is 59.7 Å². The molecule has 0 saturated carbocycles. The monoisotopic (exact) mass is 1030 g/mol. The van der Waals surface area contributed by atoms with Crippen LogP contribution in [0, 0.1) is 0 Å². The van der Waals surface area contributed by atoms with Crippen LogP contribution in [0.1, 0.15) is 179 Å². The van der Waals surface area contributed by atoms with E-state index in [-0.39, 0.29) is 46.3 Å². The van der Waals surface area contributed by atoms with Gasteiger partial charge in [-0.3, -0.25) is 0 Å². The molecule has 2 aromatic carbocycles. The summed E-state index contributed by atoms with van der Waals surface area (Å²) in [5, 5.41) is 0. The summed E-state index contributed by atoms with van der Waals surface area (Å²) < 4.78 is 89.9. The van der Waals surface area contributed by atoms with Crippen LogP contribution in [0.4, 0.5) is 0 Å². The van der Waals surface area contributed by atoms with Gasteiger partial charge in [0.25, 0.3) is 0 Å². The number of carbonyl (C=O) groups is 2. The van der Waals surface area contributed by atoms with Crippen molar-refractivity contribution in [3.63, 3.8) is 0 Å². The van der Waals surface area contributed by atoms with Crippen LogP contribution in [0.2, 0.25) is 0 Å². The second-order valence-corrected chi connectivity index (χ2v) is 34.4. The molecular formula is C52H90O12P2S2. The van der Waals surface area contributed by atoms with Crippen molar-refractivity contribution in [2.45, 2.75) is 180 Å². The molecule has 4 rings (SSSR count). The predicted molar refractivity (Wildman–Crippen MR) is 282 cm³/mol. The normalized spacial score (nSPS) is 17.2. The Morgan fingerprint density at radius 2 is 0.691 bits per heavy atom. The van der Waals surface area contributed by atoms with Crippen molar-refractivity contribution < 1.29 is 53.3 Å². The van der Waals surface area contributed by atoms with Gasteiger partial charge in [-0.05, 0) is 0 Å². The number of hydrogen-bond donors (Lipinski definition) is 0. The van der Waals surface area contributed by atoms with Gasteiger partial charge >= 0.3 is 415 Å². The van der Waals surface area contributed by atoms with E-state index < -0.39 is 45.8 Å². The summed E-state index contributed by atoms with van der Waals surface area (Å²) in [5.41, 5.74) is 0.0773. The molecule has 2 atom stereocenters. The molecule has 2 aromatic rings. The molecule has 2 fully saturated rings. The summed E-state index contributed by atoms with van der Waals surface area (Å²) in [7, 11) is -8.34. The van der Waals surface area contributed by atoms with Gasteiger partial charge in [0.05, 0.1) is 0 Å². The Labute approximate surface area is 412 Å². The Hall–Kier alpha value is -2.02. The van der Waals surface area contributed by atoms with Gasteiger partial charge in [0.15, 0.2) is 0 Å². The average Bonchev–Trinajstić information content (AvgIpc) is 4.30. The first-order chi connectivity index (χ1) is 32.5. The third-order valence-electron chi connectivity index (χ3n) is 13.6. The number of hydrogen-bond acceptors (Lipinski definition) is 12. The quantitative estimate of drug-likeness (QED) is 0.0361. The van der Waals surface area contributed by atoms with E-state index in [2.05, 4.69) is 55.4 Å². The van der Waals surface area contributed by atoms with Crippen molar-refractivity contribution in [3.8, 4) is 0 Å². The van der Waals surface area contributed by atoms with Crippen LogP contribution in [0.15, 0.2) is 58.3 Å². The first-order valence-corrected chi connectivity index (χ1v) is 34.8. The molecule has 2 saturated heterocycles. The second-order valence-electron chi connectivity index (χ2n) is 19.5. The van der Waals surface area contributed by atoms with Gasteiger partial charge in [-0.25, -0.2) is 0 Å². The number of ether oxygens (including phenoxy) is 4. The van der Waals surface area contributed by atoms with E-state index in [1.807, 2.05) is 0 Å². The van der Waals surface area contributed by atoms with Crippen LogP contribution < -0.4 is 0 Å². The summed E-state index contributed by atoms with van der Waals surface area (Å²) in [6.45, 7) is 12.4. The molecule has 0 amide bonds. The van der Waals surface area contributed by atoms with Crippen LogP contribution in [0.5, 0.6) is 0 Å². The fraction of sp³-hybridized carbons (Fsp3) is 0.731. The Balaban J connectivity index is 0.000000360. The number of esters is 2. The fourth-order valence-electron chi connectivity index (χ4n) is 9.27. The SMILES string of the molecule is CCCCP(CCCC)(CCCC)(CCCC)OS(=O)(=O)c1ccccc1C(=O)OCC1CO1.CCCCP(CCCC)(CCCC)(CCCC)OS(=O)(=O)c1ccccc1C(=O)OCC1CO1. The molecule has 2 unspecified atom stereocenters. The first kappa shape index (κ1) is 60.3. The van der Waals surface area contributed by atoms with E-state index >= 15 is 0 Å². The van der Waals surface area contributed by atoms with Crippen molar-refractivity contribution in [2.75, 3.05) is 75.7 Å². The summed E-state index contributed by atoms with van der Waals surface area (Å²) in [4.78, 5) is 25.4. The maximum absolute atomic E-state index is 14.0. The van der Waals surface area contributed by atoms with E-state index in [1.54, 1.807) is 24.3 Å². The van der Waals surface area contributed by atoms with Crippen LogP contribution in [0.3, 0.4) is 0 Å². The van der Waals surface area contributed by atoms with Gasteiger partial charge in [-0.2, -0.15) is 0 Å². The molecule has 12 nitrogen and oxygen atoms in total. The Kier molecular flexibility index (Phi) is 25.6. The van der Waals surface area contributed by atoms with Gasteiger partial charge in [-0.15, -0.1) is 0 Å². The van der Waals surface area contributed by atoms with Gasteiger partial charge in [0.2, 0.25) is 0 Å². The number of benzene rings is 2. The molecule has 0 radical (unpaired) electrons. The van der Waals surface area contributed by atoms with E-state index in [0.717, 1.165) is 152 Å². The van der Waals surface area contributed by atoms with E-state index in [1.165, 1.54) is 24.3 Å². The van der Waals surface area contributed by atoms with Crippen molar-refractivity contribution in [1.82, 2.24) is 0 Å². The first-order valence-electron chi connectivity index (χ1n) is 26.2. The summed E-state index contributed by atoms with van der Waals surface area (Å²) in [6, 6.07) is 12.6. The van der Waals surface area contributed by atoms with Crippen LogP contribution in [-0.4, -0.2) is 117 Å². The minimum absolute atomic E-state index is 0.0386. The van der Waals surface area contributed by atoms with Gasteiger partial charge in [-0.1, -0.05) is 0 Å². The average molecular weight is 1030 g/mol. The Morgan fingerprint density at radius 1 is 0.456 bits per heavy atom. The number of rotatable bonds is 36. The number of unbranched alkanes of at least 4 members (excludes halogenated alkanes) is 8. The molecule has 16 heteroatoms. The van der Waals surface area contributed by atoms with Gasteiger partial charge < -0.3 is 0 Å². The maximum atomic E-state index is 14.0. The van der Waals surface area contributed by atoms with E-state index in [9.17, 15) is 26.4 Å². The molecule has 0 aromatic heterocycles. The number of epoxide rings is 2. The predicted octanol–water partition coefficient (Wildman–Crippen LogP) is 13.2. The zero-order valence-corrected chi connectivity index (χ0v) is 46.6. The van der Waals surface area contributed by atoms with E-state index in [0.29, 0.717) is 13.2 Å². The molecule has 0 aliphatic carbocycles. The topological polar surface area (TPSA) is 164 Å². The third kappa shape index (κ3) is 18.2.